The van der Waals surface area contributed by atoms with Crippen LogP contribution in [-0.4, -0.2) is 43.1 Å². The number of nitrogens with zero attached hydrogens (tertiary/aromatic N) is 3. The van der Waals surface area contributed by atoms with Gasteiger partial charge in [0, 0.05) is 17.8 Å². The summed E-state index contributed by atoms with van der Waals surface area (Å²) in [4.78, 5) is 38.6. The molecule has 6 nitrogen and oxygen atoms in total. The molecule has 7 heteroatoms. The smallest absolute Gasteiger partial charge is 0.261 e. The maximum Gasteiger partial charge on any atom is 0.261 e. The van der Waals surface area contributed by atoms with E-state index in [1.807, 2.05) is 59.4 Å². The fourth-order valence-corrected chi connectivity index (χ4v) is 3.90. The van der Waals surface area contributed by atoms with Crippen LogP contribution in [0.4, 0.5) is 0 Å². The van der Waals surface area contributed by atoms with Gasteiger partial charge in [-0.25, -0.2) is 9.97 Å². The minimum atomic E-state index is -0.351. The van der Waals surface area contributed by atoms with Crippen molar-refractivity contribution < 1.29 is 4.79 Å². The van der Waals surface area contributed by atoms with Crippen molar-refractivity contribution in [1.29, 1.82) is 0 Å². The molecule has 0 saturated heterocycles. The van der Waals surface area contributed by atoms with E-state index in [0.717, 1.165) is 11.3 Å². The number of H-pyrrole nitrogens is 1. The van der Waals surface area contributed by atoms with Crippen LogP contribution in [0.2, 0.25) is 0 Å². The molecule has 0 aliphatic carbocycles. The lowest BCUT2D eigenvalue weighted by atomic mass is 10.2. The standard InChI is InChI=1S/C18H26N4O2S/c1-9(2)22(10(3)4)17(24)13(7)25-18-20-15-14(16(23)21-18)11(5)8-12(6)19-15/h8-10,13H,1-7H3,(H,19,20,21,23)/t13-/m0/s1. The number of amides is 1. The van der Waals surface area contributed by atoms with Crippen molar-refractivity contribution >= 4 is 28.7 Å². The van der Waals surface area contributed by atoms with Gasteiger partial charge in [0.25, 0.3) is 5.56 Å². The molecule has 25 heavy (non-hydrogen) atoms. The fraction of sp³-hybridized carbons (Fsp3) is 0.556. The van der Waals surface area contributed by atoms with Crippen molar-refractivity contribution in [2.45, 2.75) is 71.0 Å². The molecule has 0 bridgehead atoms. The first kappa shape index (κ1) is 19.4. The van der Waals surface area contributed by atoms with Crippen LogP contribution in [0.5, 0.6) is 0 Å². The number of hydrogen-bond acceptors (Lipinski definition) is 5. The number of aromatic amines is 1. The van der Waals surface area contributed by atoms with Gasteiger partial charge in [-0.05, 0) is 60.1 Å². The topological polar surface area (TPSA) is 79.0 Å². The minimum Gasteiger partial charge on any atom is -0.337 e. The first-order chi connectivity index (χ1) is 11.6. The summed E-state index contributed by atoms with van der Waals surface area (Å²) in [5.41, 5.74) is 1.87. The van der Waals surface area contributed by atoms with Gasteiger partial charge in [0.1, 0.15) is 0 Å². The molecule has 2 aromatic heterocycles. The van der Waals surface area contributed by atoms with E-state index in [0.29, 0.717) is 16.2 Å². The highest BCUT2D eigenvalue weighted by molar-refractivity contribution is 8.00. The molecule has 1 N–H and O–H groups in total. The number of rotatable bonds is 5. The maximum atomic E-state index is 12.8. The number of nitrogens with one attached hydrogen (secondary N) is 1. The lowest BCUT2D eigenvalue weighted by Crippen LogP contribution is -2.45. The molecule has 2 heterocycles. The third kappa shape index (κ3) is 4.21. The molecule has 136 valence electrons. The summed E-state index contributed by atoms with van der Waals surface area (Å²) in [6.07, 6.45) is 0. The van der Waals surface area contributed by atoms with E-state index in [1.165, 1.54) is 11.8 Å². The van der Waals surface area contributed by atoms with Gasteiger partial charge >= 0.3 is 0 Å². The lowest BCUT2D eigenvalue weighted by Gasteiger charge is -2.32. The van der Waals surface area contributed by atoms with Gasteiger partial charge in [0.05, 0.1) is 10.6 Å². The molecule has 0 saturated carbocycles. The van der Waals surface area contributed by atoms with Crippen LogP contribution in [0.15, 0.2) is 16.0 Å². The Hall–Kier alpha value is -1.89. The van der Waals surface area contributed by atoms with E-state index in [4.69, 9.17) is 0 Å². The minimum absolute atomic E-state index is 0.0335. The van der Waals surface area contributed by atoms with Gasteiger partial charge < -0.3 is 9.88 Å². The van der Waals surface area contributed by atoms with Crippen LogP contribution in [0, 0.1) is 13.8 Å². The molecule has 0 unspecified atom stereocenters. The van der Waals surface area contributed by atoms with E-state index in [9.17, 15) is 9.59 Å². The van der Waals surface area contributed by atoms with Gasteiger partial charge in [-0.15, -0.1) is 0 Å². The molecule has 1 amide bonds. The average molecular weight is 362 g/mol. The van der Waals surface area contributed by atoms with Crippen molar-refractivity contribution in [1.82, 2.24) is 19.9 Å². The fourth-order valence-electron chi connectivity index (χ4n) is 3.05. The van der Waals surface area contributed by atoms with Crippen molar-refractivity contribution in [2.75, 3.05) is 0 Å². The van der Waals surface area contributed by atoms with Crippen LogP contribution < -0.4 is 5.56 Å². The average Bonchev–Trinajstić information content (AvgIpc) is 2.44. The monoisotopic (exact) mass is 362 g/mol. The predicted octanol–water partition coefficient (Wildman–Crippen LogP) is 3.06. The zero-order valence-electron chi connectivity index (χ0n) is 15.9. The summed E-state index contributed by atoms with van der Waals surface area (Å²) < 4.78 is 0. The van der Waals surface area contributed by atoms with Crippen LogP contribution in [-0.2, 0) is 4.79 Å². The first-order valence-electron chi connectivity index (χ1n) is 8.49. The van der Waals surface area contributed by atoms with E-state index in [-0.39, 0.29) is 28.8 Å². The summed E-state index contributed by atoms with van der Waals surface area (Å²) in [5.74, 6) is 0.0335. The summed E-state index contributed by atoms with van der Waals surface area (Å²) in [7, 11) is 0. The molecule has 0 aliphatic rings. The molecule has 2 rings (SSSR count). The van der Waals surface area contributed by atoms with Crippen molar-refractivity contribution in [3.63, 3.8) is 0 Å². The number of pyridine rings is 1. The second kappa shape index (κ2) is 7.56. The van der Waals surface area contributed by atoms with Crippen LogP contribution >= 0.6 is 11.8 Å². The van der Waals surface area contributed by atoms with E-state index < -0.39 is 0 Å². The predicted molar refractivity (Wildman–Crippen MR) is 102 cm³/mol. The Labute approximate surface area is 152 Å². The summed E-state index contributed by atoms with van der Waals surface area (Å²) in [5, 5.41) is 0.569. The van der Waals surface area contributed by atoms with Gasteiger partial charge in [-0.1, -0.05) is 11.8 Å². The Balaban J connectivity index is 2.34. The third-order valence-corrected chi connectivity index (χ3v) is 4.96. The number of aromatic nitrogens is 3. The summed E-state index contributed by atoms with van der Waals surface area (Å²) in [6, 6.07) is 2.10. The number of aryl methyl sites for hydroxylation is 2. The normalized spacial score (nSPS) is 12.8. The molecule has 0 aromatic carbocycles. The Bertz CT molecular complexity index is 837. The highest BCUT2D eigenvalue weighted by Gasteiger charge is 2.26. The zero-order chi connectivity index (χ0) is 18.9. The van der Waals surface area contributed by atoms with Crippen molar-refractivity contribution in [3.05, 3.63) is 27.7 Å². The molecule has 1 atom stereocenters. The second-order valence-electron chi connectivity index (χ2n) is 6.84. The Morgan fingerprint density at radius 3 is 2.28 bits per heavy atom. The van der Waals surface area contributed by atoms with E-state index in [1.54, 1.807) is 0 Å². The van der Waals surface area contributed by atoms with Crippen molar-refractivity contribution in [2.24, 2.45) is 0 Å². The summed E-state index contributed by atoms with van der Waals surface area (Å²) >= 11 is 1.26. The number of carbonyl (C=O) groups is 1. The van der Waals surface area contributed by atoms with Gasteiger partial charge in [0.2, 0.25) is 5.91 Å². The number of fused-ring (bicyclic) bond motifs is 1. The largest absolute Gasteiger partial charge is 0.337 e. The van der Waals surface area contributed by atoms with Crippen LogP contribution in [0.1, 0.15) is 45.9 Å². The lowest BCUT2D eigenvalue weighted by molar-refractivity contribution is -0.133. The van der Waals surface area contributed by atoms with Crippen LogP contribution in [0.25, 0.3) is 11.0 Å². The Morgan fingerprint density at radius 2 is 1.72 bits per heavy atom. The molecule has 0 aliphatic heterocycles. The molecule has 0 radical (unpaired) electrons. The maximum absolute atomic E-state index is 12.8. The molecule has 0 spiro atoms. The molecule has 0 fully saturated rings. The first-order valence-corrected chi connectivity index (χ1v) is 9.36. The van der Waals surface area contributed by atoms with Gasteiger partial charge in [-0.2, -0.15) is 0 Å². The van der Waals surface area contributed by atoms with Gasteiger partial charge in [0.15, 0.2) is 10.8 Å². The third-order valence-electron chi connectivity index (χ3n) is 3.98. The molecular weight excluding hydrogens is 336 g/mol. The molecule has 2 aromatic rings. The highest BCUT2D eigenvalue weighted by atomic mass is 32.2. The number of thioether (sulfide) groups is 1. The Morgan fingerprint density at radius 1 is 1.12 bits per heavy atom. The second-order valence-corrected chi connectivity index (χ2v) is 8.17. The van der Waals surface area contributed by atoms with Crippen LogP contribution in [0.3, 0.4) is 0 Å². The number of carbonyl (C=O) groups excluding carboxylic acids is 1. The van der Waals surface area contributed by atoms with Crippen molar-refractivity contribution in [3.8, 4) is 0 Å². The Kier molecular flexibility index (Phi) is 5.87. The quantitative estimate of drug-likeness (QED) is 0.653. The number of hydrogen-bond donors (Lipinski definition) is 1. The van der Waals surface area contributed by atoms with E-state index in [2.05, 4.69) is 15.0 Å². The zero-order valence-corrected chi connectivity index (χ0v) is 16.7. The SMILES string of the molecule is Cc1cc(C)c2c(=O)[nH]c(S[C@@H](C)C(=O)N(C(C)C)C(C)C)nc2n1. The summed E-state index contributed by atoms with van der Waals surface area (Å²) in [6.45, 7) is 13.6. The van der Waals surface area contributed by atoms with Gasteiger partial charge in [-0.3, -0.25) is 9.59 Å². The highest BCUT2D eigenvalue weighted by Crippen LogP contribution is 2.23. The molecular formula is C18H26N4O2S. The van der Waals surface area contributed by atoms with E-state index >= 15 is 0 Å².